The molecule has 2 unspecified atom stereocenters. The average Bonchev–Trinajstić information content (AvgIpc) is 3.13. The fourth-order valence-electron chi connectivity index (χ4n) is 3.14. The number of methoxy groups -OCH3 is 1. The summed E-state index contributed by atoms with van der Waals surface area (Å²) in [5, 5.41) is 3.41. The molecule has 0 saturated carbocycles. The fraction of sp³-hybridized carbons (Fsp3) is 0.667. The number of guanidine groups is 1. The van der Waals surface area contributed by atoms with Crippen LogP contribution in [-0.2, 0) is 9.47 Å². The van der Waals surface area contributed by atoms with Crippen molar-refractivity contribution >= 4 is 29.9 Å². The lowest BCUT2D eigenvalue weighted by Gasteiger charge is -2.22. The first kappa shape index (κ1) is 25.0. The molecule has 0 aliphatic carbocycles. The third kappa shape index (κ3) is 8.53. The summed E-state index contributed by atoms with van der Waals surface area (Å²) in [6.07, 6.45) is 1.16. The molecular formula is C21H36IN3O3. The predicted octanol–water partition coefficient (Wildman–Crippen LogP) is 3.33. The second-order valence-electron chi connectivity index (χ2n) is 7.06. The number of para-hydroxylation sites is 1. The molecule has 7 heteroatoms. The van der Waals surface area contributed by atoms with Crippen molar-refractivity contribution in [2.45, 2.75) is 33.3 Å². The first-order chi connectivity index (χ1) is 13.1. The Kier molecular flexibility index (Phi) is 12.5. The molecule has 6 nitrogen and oxygen atoms in total. The highest BCUT2D eigenvalue weighted by Gasteiger charge is 2.25. The summed E-state index contributed by atoms with van der Waals surface area (Å²) < 4.78 is 16.8. The van der Waals surface area contributed by atoms with E-state index in [1.807, 2.05) is 18.2 Å². The van der Waals surface area contributed by atoms with Gasteiger partial charge in [-0.15, -0.1) is 24.0 Å². The summed E-state index contributed by atoms with van der Waals surface area (Å²) in [7, 11) is 1.70. The lowest BCUT2D eigenvalue weighted by molar-refractivity contribution is 0.0536. The van der Waals surface area contributed by atoms with E-state index in [4.69, 9.17) is 19.2 Å². The van der Waals surface area contributed by atoms with Crippen LogP contribution in [-0.4, -0.2) is 70.1 Å². The van der Waals surface area contributed by atoms with E-state index in [0.717, 1.165) is 49.9 Å². The van der Waals surface area contributed by atoms with E-state index in [2.05, 4.69) is 37.1 Å². The maximum atomic E-state index is 6.05. The number of hydrogen-bond acceptors (Lipinski definition) is 4. The van der Waals surface area contributed by atoms with Crippen molar-refractivity contribution < 1.29 is 14.2 Å². The summed E-state index contributed by atoms with van der Waals surface area (Å²) >= 11 is 0. The van der Waals surface area contributed by atoms with Crippen LogP contribution in [0.2, 0.25) is 0 Å². The molecule has 1 aliphatic rings. The molecule has 1 aromatic rings. The summed E-state index contributed by atoms with van der Waals surface area (Å²) in [5.74, 6) is 2.45. The number of benzene rings is 1. The van der Waals surface area contributed by atoms with Crippen LogP contribution in [0.4, 0.5) is 0 Å². The summed E-state index contributed by atoms with van der Waals surface area (Å²) in [4.78, 5) is 7.14. The van der Waals surface area contributed by atoms with Gasteiger partial charge in [0.1, 0.15) is 11.9 Å². The summed E-state index contributed by atoms with van der Waals surface area (Å²) in [6, 6.07) is 8.10. The van der Waals surface area contributed by atoms with E-state index < -0.39 is 0 Å². The van der Waals surface area contributed by atoms with Crippen molar-refractivity contribution in [2.24, 2.45) is 10.9 Å². The third-order valence-corrected chi connectivity index (χ3v) is 4.63. The number of likely N-dealkylation sites (tertiary alicyclic amines) is 1. The molecule has 0 bridgehead atoms. The Hall–Kier alpha value is -1.06. The zero-order valence-electron chi connectivity index (χ0n) is 17.6. The quantitative estimate of drug-likeness (QED) is 0.229. The summed E-state index contributed by atoms with van der Waals surface area (Å²) in [5.41, 5.74) is 1.15. The number of nitrogens with zero attached hydrogens (tertiary/aromatic N) is 2. The van der Waals surface area contributed by atoms with Gasteiger partial charge < -0.3 is 24.4 Å². The van der Waals surface area contributed by atoms with Crippen LogP contribution in [0.15, 0.2) is 29.3 Å². The molecule has 1 N–H and O–H groups in total. The van der Waals surface area contributed by atoms with Gasteiger partial charge in [0.15, 0.2) is 5.96 Å². The van der Waals surface area contributed by atoms with Crippen molar-refractivity contribution in [1.82, 2.24) is 10.2 Å². The smallest absolute Gasteiger partial charge is 0.194 e. The van der Waals surface area contributed by atoms with E-state index in [1.165, 1.54) is 0 Å². The Labute approximate surface area is 187 Å². The van der Waals surface area contributed by atoms with Crippen LogP contribution in [0.1, 0.15) is 25.8 Å². The average molecular weight is 505 g/mol. The van der Waals surface area contributed by atoms with Gasteiger partial charge in [-0.3, -0.25) is 0 Å². The Balaban J connectivity index is 0.00000392. The molecule has 0 aromatic heterocycles. The van der Waals surface area contributed by atoms with Crippen LogP contribution in [0.25, 0.3) is 0 Å². The highest BCUT2D eigenvalue weighted by atomic mass is 127. The molecule has 1 aromatic carbocycles. The van der Waals surface area contributed by atoms with E-state index in [9.17, 15) is 0 Å². The maximum Gasteiger partial charge on any atom is 0.194 e. The molecular weight excluding hydrogens is 469 g/mol. The molecule has 0 spiro atoms. The monoisotopic (exact) mass is 505 g/mol. The van der Waals surface area contributed by atoms with E-state index in [-0.39, 0.29) is 30.1 Å². The van der Waals surface area contributed by atoms with Crippen molar-refractivity contribution in [2.75, 3.05) is 53.1 Å². The Morgan fingerprint density at radius 1 is 1.32 bits per heavy atom. The number of ether oxygens (including phenoxy) is 3. The lowest BCUT2D eigenvalue weighted by Crippen LogP contribution is -2.41. The Morgan fingerprint density at radius 2 is 2.11 bits per heavy atom. The zero-order chi connectivity index (χ0) is 19.5. The van der Waals surface area contributed by atoms with Gasteiger partial charge in [-0.05, 0) is 38.8 Å². The molecule has 0 amide bonds. The normalized spacial score (nSPS) is 17.9. The van der Waals surface area contributed by atoms with Crippen molar-refractivity contribution in [1.29, 1.82) is 0 Å². The van der Waals surface area contributed by atoms with Crippen LogP contribution in [0.5, 0.6) is 5.75 Å². The number of hydrogen-bond donors (Lipinski definition) is 1. The van der Waals surface area contributed by atoms with Gasteiger partial charge in [0.2, 0.25) is 0 Å². The minimum Gasteiger partial charge on any atom is -0.489 e. The van der Waals surface area contributed by atoms with Crippen molar-refractivity contribution in [3.63, 3.8) is 0 Å². The first-order valence-corrected chi connectivity index (χ1v) is 9.96. The number of aliphatic imine (C=N–C) groups is 1. The highest BCUT2D eigenvalue weighted by molar-refractivity contribution is 14.0. The standard InChI is InChI=1S/C21H35N3O3.HI/c1-5-22-21(24-11-10-19(15-24)16-26-13-12-25-4)23-14-18(3)27-20-9-7-6-8-17(20)2;/h6-9,18-19H,5,10-16H2,1-4H3,(H,22,23);1H. The molecule has 1 heterocycles. The third-order valence-electron chi connectivity index (χ3n) is 4.63. The van der Waals surface area contributed by atoms with Crippen LogP contribution < -0.4 is 10.1 Å². The van der Waals surface area contributed by atoms with Crippen molar-refractivity contribution in [3.8, 4) is 5.75 Å². The molecule has 2 rings (SSSR count). The number of rotatable bonds is 10. The predicted molar refractivity (Wildman–Crippen MR) is 125 cm³/mol. The van der Waals surface area contributed by atoms with E-state index in [1.54, 1.807) is 7.11 Å². The Morgan fingerprint density at radius 3 is 2.82 bits per heavy atom. The fourth-order valence-corrected chi connectivity index (χ4v) is 3.14. The van der Waals surface area contributed by atoms with E-state index >= 15 is 0 Å². The molecule has 160 valence electrons. The molecule has 1 fully saturated rings. The molecule has 2 atom stereocenters. The minimum absolute atomic E-state index is 0. The van der Waals surface area contributed by atoms with Gasteiger partial charge in [-0.1, -0.05) is 18.2 Å². The molecule has 0 radical (unpaired) electrons. The van der Waals surface area contributed by atoms with Gasteiger partial charge in [0, 0.05) is 32.7 Å². The largest absolute Gasteiger partial charge is 0.489 e. The van der Waals surface area contributed by atoms with Crippen LogP contribution in [0.3, 0.4) is 0 Å². The SMILES string of the molecule is CCNC(=NCC(C)Oc1ccccc1C)N1CCC(COCCOC)C1.I. The minimum atomic E-state index is 0. The topological polar surface area (TPSA) is 55.3 Å². The van der Waals surface area contributed by atoms with Gasteiger partial charge in [0.05, 0.1) is 26.4 Å². The lowest BCUT2D eigenvalue weighted by atomic mass is 10.1. The number of nitrogens with one attached hydrogen (secondary N) is 1. The number of halogens is 1. The van der Waals surface area contributed by atoms with Crippen LogP contribution in [0, 0.1) is 12.8 Å². The second kappa shape index (κ2) is 14.0. The maximum absolute atomic E-state index is 6.05. The molecule has 1 saturated heterocycles. The van der Waals surface area contributed by atoms with Gasteiger partial charge >= 0.3 is 0 Å². The highest BCUT2D eigenvalue weighted by Crippen LogP contribution is 2.19. The van der Waals surface area contributed by atoms with Gasteiger partial charge in [0.25, 0.3) is 0 Å². The van der Waals surface area contributed by atoms with E-state index in [0.29, 0.717) is 25.7 Å². The number of aryl methyl sites for hydroxylation is 1. The first-order valence-electron chi connectivity index (χ1n) is 9.96. The zero-order valence-corrected chi connectivity index (χ0v) is 20.0. The molecule has 1 aliphatic heterocycles. The van der Waals surface area contributed by atoms with Gasteiger partial charge in [-0.25, -0.2) is 4.99 Å². The van der Waals surface area contributed by atoms with Crippen LogP contribution >= 0.6 is 24.0 Å². The van der Waals surface area contributed by atoms with Crippen molar-refractivity contribution in [3.05, 3.63) is 29.8 Å². The second-order valence-corrected chi connectivity index (χ2v) is 7.06. The summed E-state index contributed by atoms with van der Waals surface area (Å²) in [6.45, 7) is 11.8. The van der Waals surface area contributed by atoms with Gasteiger partial charge in [-0.2, -0.15) is 0 Å². The molecule has 28 heavy (non-hydrogen) atoms. The Bertz CT molecular complexity index is 586.